The molecule has 0 aliphatic heterocycles. The van der Waals surface area contributed by atoms with Crippen LogP contribution >= 0.6 is 27.3 Å². The van der Waals surface area contributed by atoms with Crippen molar-refractivity contribution >= 4 is 27.3 Å². The van der Waals surface area contributed by atoms with E-state index in [0.717, 1.165) is 0 Å². The average Bonchev–Trinajstić information content (AvgIpc) is 2.71. The van der Waals surface area contributed by atoms with E-state index in [-0.39, 0.29) is 0 Å². The zero-order valence-electron chi connectivity index (χ0n) is 7.06. The largest absolute Gasteiger partial charge is 0.314 e. The monoisotopic (exact) mass is 245 g/mol. The quantitative estimate of drug-likeness (QED) is 0.864. The molecule has 0 radical (unpaired) electrons. The van der Waals surface area contributed by atoms with Crippen molar-refractivity contribution in [3.05, 3.63) is 20.8 Å². The van der Waals surface area contributed by atoms with Gasteiger partial charge in [0.15, 0.2) is 0 Å². The van der Waals surface area contributed by atoms with Gasteiger partial charge in [0.1, 0.15) is 0 Å². The van der Waals surface area contributed by atoms with Crippen molar-refractivity contribution in [1.29, 1.82) is 0 Å². The third-order valence-electron chi connectivity index (χ3n) is 2.52. The first kappa shape index (κ1) is 8.73. The van der Waals surface area contributed by atoms with Gasteiger partial charge in [-0.15, -0.1) is 11.3 Å². The Hall–Kier alpha value is 0.140. The van der Waals surface area contributed by atoms with E-state index in [1.165, 1.54) is 28.6 Å². The van der Waals surface area contributed by atoms with Crippen LogP contribution in [0.2, 0.25) is 0 Å². The molecule has 0 unspecified atom stereocenters. The highest BCUT2D eigenvalue weighted by Gasteiger charge is 2.40. The highest BCUT2D eigenvalue weighted by Crippen LogP contribution is 2.39. The van der Waals surface area contributed by atoms with Gasteiger partial charge in [0.2, 0.25) is 0 Å². The van der Waals surface area contributed by atoms with Crippen LogP contribution in [0.15, 0.2) is 15.9 Å². The summed E-state index contributed by atoms with van der Waals surface area (Å²) in [5.74, 6) is 0. The SMILES string of the molecule is CNC1(Cc2cc(Br)cs2)CC1. The second-order valence-corrected chi connectivity index (χ2v) is 5.35. The topological polar surface area (TPSA) is 12.0 Å². The van der Waals surface area contributed by atoms with Gasteiger partial charge in [-0.2, -0.15) is 0 Å². The standard InChI is InChI=1S/C9H12BrNS/c1-11-9(2-3-9)5-8-4-7(10)6-12-8/h4,6,11H,2-3,5H2,1H3. The molecule has 66 valence electrons. The number of hydrogen-bond acceptors (Lipinski definition) is 2. The summed E-state index contributed by atoms with van der Waals surface area (Å²) in [6.45, 7) is 0. The van der Waals surface area contributed by atoms with Gasteiger partial charge < -0.3 is 5.32 Å². The van der Waals surface area contributed by atoms with Gasteiger partial charge in [0.05, 0.1) is 0 Å². The summed E-state index contributed by atoms with van der Waals surface area (Å²) in [5.41, 5.74) is 0.449. The Morgan fingerprint density at radius 1 is 1.67 bits per heavy atom. The van der Waals surface area contributed by atoms with Gasteiger partial charge >= 0.3 is 0 Å². The summed E-state index contributed by atoms with van der Waals surface area (Å²) in [6, 6.07) is 2.22. The molecule has 1 fully saturated rings. The Bertz CT molecular complexity index is 278. The number of halogens is 1. The highest BCUT2D eigenvalue weighted by molar-refractivity contribution is 9.10. The fourth-order valence-corrected chi connectivity index (χ4v) is 3.04. The van der Waals surface area contributed by atoms with E-state index in [4.69, 9.17) is 0 Å². The molecule has 1 aliphatic carbocycles. The van der Waals surface area contributed by atoms with Crippen LogP contribution < -0.4 is 5.32 Å². The summed E-state index contributed by atoms with van der Waals surface area (Å²) in [4.78, 5) is 1.48. The van der Waals surface area contributed by atoms with E-state index in [9.17, 15) is 0 Å². The molecule has 0 atom stereocenters. The molecular formula is C9H12BrNS. The number of thiophene rings is 1. The fraction of sp³-hybridized carbons (Fsp3) is 0.556. The van der Waals surface area contributed by atoms with Crippen LogP contribution in [0.25, 0.3) is 0 Å². The molecule has 0 spiro atoms. The van der Waals surface area contributed by atoms with Gasteiger partial charge in [-0.1, -0.05) is 0 Å². The molecule has 1 N–H and O–H groups in total. The normalized spacial score (nSPS) is 19.5. The van der Waals surface area contributed by atoms with E-state index in [1.54, 1.807) is 0 Å². The van der Waals surface area contributed by atoms with Crippen molar-refractivity contribution in [3.63, 3.8) is 0 Å². The Labute approximate surface area is 85.3 Å². The van der Waals surface area contributed by atoms with Gasteiger partial charge in [-0.25, -0.2) is 0 Å². The summed E-state index contributed by atoms with van der Waals surface area (Å²) in [6.07, 6.45) is 3.86. The highest BCUT2D eigenvalue weighted by atomic mass is 79.9. The molecule has 1 saturated carbocycles. The Balaban J connectivity index is 2.04. The first-order valence-electron chi connectivity index (χ1n) is 4.16. The molecule has 1 aromatic rings. The molecule has 1 aromatic heterocycles. The first-order valence-corrected chi connectivity index (χ1v) is 5.83. The van der Waals surface area contributed by atoms with Gasteiger partial charge in [-0.3, -0.25) is 0 Å². The maximum Gasteiger partial charge on any atom is 0.0285 e. The zero-order chi connectivity index (χ0) is 8.60. The van der Waals surface area contributed by atoms with Crippen LogP contribution in [0.5, 0.6) is 0 Å². The lowest BCUT2D eigenvalue weighted by molar-refractivity contribution is 0.553. The lowest BCUT2D eigenvalue weighted by Gasteiger charge is -2.11. The molecule has 1 nitrogen and oxygen atoms in total. The fourth-order valence-electron chi connectivity index (χ4n) is 1.45. The van der Waals surface area contributed by atoms with Crippen LogP contribution in [-0.4, -0.2) is 12.6 Å². The number of nitrogens with one attached hydrogen (secondary N) is 1. The second-order valence-electron chi connectivity index (χ2n) is 3.44. The summed E-state index contributed by atoms with van der Waals surface area (Å²) in [7, 11) is 2.07. The van der Waals surface area contributed by atoms with Crippen molar-refractivity contribution in [2.45, 2.75) is 24.8 Å². The summed E-state index contributed by atoms with van der Waals surface area (Å²) >= 11 is 5.32. The molecule has 3 heteroatoms. The third kappa shape index (κ3) is 1.73. The Kier molecular flexibility index (Phi) is 2.27. The molecule has 0 aromatic carbocycles. The number of likely N-dealkylation sites (N-methyl/N-ethyl adjacent to an activating group) is 1. The minimum Gasteiger partial charge on any atom is -0.314 e. The summed E-state index contributed by atoms with van der Waals surface area (Å²) < 4.78 is 1.22. The van der Waals surface area contributed by atoms with E-state index in [0.29, 0.717) is 5.54 Å². The molecule has 0 saturated heterocycles. The van der Waals surface area contributed by atoms with Crippen LogP contribution in [0.4, 0.5) is 0 Å². The summed E-state index contributed by atoms with van der Waals surface area (Å²) in [5, 5.41) is 5.56. The van der Waals surface area contributed by atoms with E-state index in [1.807, 2.05) is 11.3 Å². The van der Waals surface area contributed by atoms with E-state index in [2.05, 4.69) is 39.7 Å². The van der Waals surface area contributed by atoms with Gasteiger partial charge in [0, 0.05) is 20.3 Å². The zero-order valence-corrected chi connectivity index (χ0v) is 9.46. The Morgan fingerprint density at radius 2 is 2.42 bits per heavy atom. The maximum absolute atomic E-state index is 3.47. The van der Waals surface area contributed by atoms with Crippen molar-refractivity contribution in [3.8, 4) is 0 Å². The lowest BCUT2D eigenvalue weighted by atomic mass is 10.1. The molecule has 12 heavy (non-hydrogen) atoms. The smallest absolute Gasteiger partial charge is 0.0285 e. The minimum atomic E-state index is 0.449. The van der Waals surface area contributed by atoms with Crippen molar-refractivity contribution in [2.75, 3.05) is 7.05 Å². The van der Waals surface area contributed by atoms with Gasteiger partial charge in [-0.05, 0) is 48.3 Å². The van der Waals surface area contributed by atoms with Crippen molar-refractivity contribution in [2.24, 2.45) is 0 Å². The molecule has 2 rings (SSSR count). The van der Waals surface area contributed by atoms with Crippen LogP contribution in [0.3, 0.4) is 0 Å². The molecular weight excluding hydrogens is 234 g/mol. The third-order valence-corrected chi connectivity index (χ3v) is 4.22. The minimum absolute atomic E-state index is 0.449. The van der Waals surface area contributed by atoms with Crippen LogP contribution in [-0.2, 0) is 6.42 Å². The van der Waals surface area contributed by atoms with Gasteiger partial charge in [0.25, 0.3) is 0 Å². The van der Waals surface area contributed by atoms with E-state index < -0.39 is 0 Å². The van der Waals surface area contributed by atoms with Crippen LogP contribution in [0, 0.1) is 0 Å². The predicted molar refractivity (Wildman–Crippen MR) is 56.7 cm³/mol. The number of hydrogen-bond donors (Lipinski definition) is 1. The lowest BCUT2D eigenvalue weighted by Crippen LogP contribution is -2.29. The molecule has 0 bridgehead atoms. The predicted octanol–water partition coefficient (Wildman–Crippen LogP) is 2.81. The Morgan fingerprint density at radius 3 is 2.83 bits per heavy atom. The van der Waals surface area contributed by atoms with Crippen molar-refractivity contribution in [1.82, 2.24) is 5.32 Å². The molecule has 1 heterocycles. The van der Waals surface area contributed by atoms with Crippen molar-refractivity contribution < 1.29 is 0 Å². The molecule has 0 amide bonds. The van der Waals surface area contributed by atoms with E-state index >= 15 is 0 Å². The van der Waals surface area contributed by atoms with Crippen LogP contribution in [0.1, 0.15) is 17.7 Å². The number of rotatable bonds is 3. The first-order chi connectivity index (χ1) is 5.74. The second kappa shape index (κ2) is 3.13. The average molecular weight is 246 g/mol. The maximum atomic E-state index is 3.47. The molecule has 1 aliphatic rings.